The van der Waals surface area contributed by atoms with Gasteiger partial charge >= 0.3 is 0 Å². The van der Waals surface area contributed by atoms with Crippen molar-refractivity contribution in [2.24, 2.45) is 0 Å². The second kappa shape index (κ2) is 11.0. The first-order valence-corrected chi connectivity index (χ1v) is 12.2. The minimum Gasteiger partial charge on any atom is -0.492 e. The van der Waals surface area contributed by atoms with Crippen molar-refractivity contribution in [3.05, 3.63) is 105 Å². The number of nitrogens with zero attached hydrogens (tertiary/aromatic N) is 4. The highest BCUT2D eigenvalue weighted by molar-refractivity contribution is 5.95. The molecule has 0 aliphatic rings. The van der Waals surface area contributed by atoms with Crippen LogP contribution >= 0.6 is 0 Å². The van der Waals surface area contributed by atoms with Crippen molar-refractivity contribution in [3.63, 3.8) is 0 Å². The van der Waals surface area contributed by atoms with Gasteiger partial charge in [0.25, 0.3) is 17.2 Å². The predicted molar refractivity (Wildman–Crippen MR) is 141 cm³/mol. The van der Waals surface area contributed by atoms with Gasteiger partial charge in [-0.1, -0.05) is 37.3 Å². The van der Waals surface area contributed by atoms with Crippen molar-refractivity contribution in [1.82, 2.24) is 14.5 Å². The van der Waals surface area contributed by atoms with Crippen LogP contribution in [0.15, 0.2) is 77.6 Å². The van der Waals surface area contributed by atoms with Crippen LogP contribution in [0.3, 0.4) is 0 Å². The quantitative estimate of drug-likeness (QED) is 0.228. The maximum atomic E-state index is 13.8. The van der Waals surface area contributed by atoms with E-state index in [4.69, 9.17) is 9.72 Å². The predicted octanol–water partition coefficient (Wildman–Crippen LogP) is 5.31. The van der Waals surface area contributed by atoms with Crippen LogP contribution in [0.1, 0.15) is 49.4 Å². The van der Waals surface area contributed by atoms with Gasteiger partial charge in [-0.15, -0.1) is 0 Å². The minimum atomic E-state index is -0.640. The van der Waals surface area contributed by atoms with E-state index in [1.165, 1.54) is 22.8 Å². The number of fused-ring (bicyclic) bond motifs is 1. The number of carbonyl (C=O) groups is 1. The summed E-state index contributed by atoms with van der Waals surface area (Å²) in [5, 5.41) is 11.7. The zero-order valence-electron chi connectivity index (χ0n) is 21.0. The van der Waals surface area contributed by atoms with Gasteiger partial charge in [0.2, 0.25) is 0 Å². The third kappa shape index (κ3) is 5.06. The number of amides is 1. The van der Waals surface area contributed by atoms with Crippen molar-refractivity contribution >= 4 is 22.5 Å². The van der Waals surface area contributed by atoms with Gasteiger partial charge in [-0.25, -0.2) is 4.98 Å². The number of hydrogen-bond donors (Lipinski definition) is 0. The summed E-state index contributed by atoms with van der Waals surface area (Å²) in [4.78, 5) is 44.7. The molecule has 1 aromatic heterocycles. The first kappa shape index (κ1) is 25.6. The number of para-hydroxylation sites is 3. The second-order valence-corrected chi connectivity index (χ2v) is 8.51. The van der Waals surface area contributed by atoms with E-state index in [9.17, 15) is 19.7 Å². The number of nitro benzene ring substituents is 1. The SMILES string of the molecule is CCCN(C(=O)c1cccc([N+](=O)[O-])c1)C(C)c1nc2ccccc2c(=O)n1-c1ccccc1OCC. The molecule has 1 heterocycles. The topological polar surface area (TPSA) is 108 Å². The van der Waals surface area contributed by atoms with Crippen molar-refractivity contribution in [2.45, 2.75) is 33.2 Å². The fraction of sp³-hybridized carbons (Fsp3) is 0.250. The van der Waals surface area contributed by atoms with Gasteiger partial charge in [-0.2, -0.15) is 0 Å². The molecule has 0 aliphatic carbocycles. The van der Waals surface area contributed by atoms with Crippen LogP contribution in [0.2, 0.25) is 0 Å². The van der Waals surface area contributed by atoms with Gasteiger partial charge in [0.1, 0.15) is 11.6 Å². The lowest BCUT2D eigenvalue weighted by Gasteiger charge is -2.30. The Bertz CT molecular complexity index is 1510. The fourth-order valence-electron chi connectivity index (χ4n) is 4.35. The van der Waals surface area contributed by atoms with E-state index >= 15 is 0 Å². The third-order valence-corrected chi connectivity index (χ3v) is 6.08. The maximum absolute atomic E-state index is 13.8. The Morgan fingerprint density at radius 1 is 1.08 bits per heavy atom. The monoisotopic (exact) mass is 500 g/mol. The second-order valence-electron chi connectivity index (χ2n) is 8.51. The van der Waals surface area contributed by atoms with E-state index in [1.807, 2.05) is 26.0 Å². The maximum Gasteiger partial charge on any atom is 0.270 e. The summed E-state index contributed by atoms with van der Waals surface area (Å²) in [6.45, 7) is 6.37. The minimum absolute atomic E-state index is 0.165. The lowest BCUT2D eigenvalue weighted by molar-refractivity contribution is -0.384. The summed E-state index contributed by atoms with van der Waals surface area (Å²) < 4.78 is 7.32. The molecule has 0 bridgehead atoms. The standard InChI is InChI=1S/C28H28N4O5/c1-4-17-30(27(33)20-11-10-12-21(18-20)32(35)36)19(3)26-29-23-14-7-6-13-22(23)28(34)31(26)24-15-8-9-16-25(24)37-5-2/h6-16,18-19H,4-5,17H2,1-3H3. The largest absolute Gasteiger partial charge is 0.492 e. The molecule has 0 radical (unpaired) electrons. The molecule has 0 fully saturated rings. The molecular formula is C28H28N4O5. The number of carbonyl (C=O) groups excluding carboxylic acids is 1. The normalized spacial score (nSPS) is 11.8. The molecule has 0 saturated heterocycles. The third-order valence-electron chi connectivity index (χ3n) is 6.08. The lowest BCUT2D eigenvalue weighted by Crippen LogP contribution is -2.38. The number of benzene rings is 3. The molecule has 4 rings (SSSR count). The molecule has 0 N–H and O–H groups in total. The molecule has 9 heteroatoms. The lowest BCUT2D eigenvalue weighted by atomic mass is 10.1. The Kier molecular flexibility index (Phi) is 7.62. The highest BCUT2D eigenvalue weighted by Crippen LogP contribution is 2.29. The van der Waals surface area contributed by atoms with Crippen LogP contribution in [-0.4, -0.2) is 38.4 Å². The van der Waals surface area contributed by atoms with Crippen molar-refractivity contribution in [2.75, 3.05) is 13.2 Å². The Labute approximate surface area is 214 Å². The summed E-state index contributed by atoms with van der Waals surface area (Å²) in [6.07, 6.45) is 0.637. The van der Waals surface area contributed by atoms with Crippen LogP contribution in [0.5, 0.6) is 5.75 Å². The molecule has 0 aliphatic heterocycles. The van der Waals surface area contributed by atoms with E-state index in [1.54, 1.807) is 54.3 Å². The molecule has 190 valence electrons. The van der Waals surface area contributed by atoms with Crippen LogP contribution in [-0.2, 0) is 0 Å². The van der Waals surface area contributed by atoms with Crippen molar-refractivity contribution in [3.8, 4) is 11.4 Å². The summed E-state index contributed by atoms with van der Waals surface area (Å²) in [6, 6.07) is 19.3. The Hall–Kier alpha value is -4.53. The molecule has 37 heavy (non-hydrogen) atoms. The Morgan fingerprint density at radius 3 is 2.54 bits per heavy atom. The van der Waals surface area contributed by atoms with Crippen LogP contribution < -0.4 is 10.3 Å². The zero-order chi connectivity index (χ0) is 26.5. The fourth-order valence-corrected chi connectivity index (χ4v) is 4.35. The number of aromatic nitrogens is 2. The summed E-state index contributed by atoms with van der Waals surface area (Å²) in [5.41, 5.74) is 0.784. The number of nitro groups is 1. The number of hydrogen-bond acceptors (Lipinski definition) is 6. The van der Waals surface area contributed by atoms with Gasteiger partial charge in [-0.3, -0.25) is 24.3 Å². The highest BCUT2D eigenvalue weighted by Gasteiger charge is 2.28. The van der Waals surface area contributed by atoms with Crippen LogP contribution in [0.25, 0.3) is 16.6 Å². The van der Waals surface area contributed by atoms with E-state index in [0.29, 0.717) is 47.7 Å². The summed E-state index contributed by atoms with van der Waals surface area (Å²) >= 11 is 0. The molecule has 0 saturated carbocycles. The van der Waals surface area contributed by atoms with Crippen molar-refractivity contribution < 1.29 is 14.5 Å². The molecular weight excluding hydrogens is 472 g/mol. The van der Waals surface area contributed by atoms with E-state index in [-0.39, 0.29) is 22.7 Å². The summed E-state index contributed by atoms with van der Waals surface area (Å²) in [7, 11) is 0. The van der Waals surface area contributed by atoms with E-state index in [0.717, 1.165) is 0 Å². The Morgan fingerprint density at radius 2 is 1.81 bits per heavy atom. The van der Waals surface area contributed by atoms with Gasteiger partial charge in [0.05, 0.1) is 34.2 Å². The molecule has 9 nitrogen and oxygen atoms in total. The van der Waals surface area contributed by atoms with Gasteiger partial charge < -0.3 is 9.64 Å². The van der Waals surface area contributed by atoms with Gasteiger partial charge in [0.15, 0.2) is 0 Å². The summed E-state index contributed by atoms with van der Waals surface area (Å²) in [5.74, 6) is 0.498. The van der Waals surface area contributed by atoms with E-state index in [2.05, 4.69) is 0 Å². The van der Waals surface area contributed by atoms with Gasteiger partial charge in [-0.05, 0) is 50.6 Å². The van der Waals surface area contributed by atoms with Crippen molar-refractivity contribution in [1.29, 1.82) is 0 Å². The molecule has 0 spiro atoms. The average molecular weight is 501 g/mol. The molecule has 3 aromatic carbocycles. The smallest absolute Gasteiger partial charge is 0.270 e. The highest BCUT2D eigenvalue weighted by atomic mass is 16.6. The molecule has 1 atom stereocenters. The van der Waals surface area contributed by atoms with Crippen LogP contribution in [0, 0.1) is 10.1 Å². The number of ether oxygens (including phenoxy) is 1. The van der Waals surface area contributed by atoms with Crippen LogP contribution in [0.4, 0.5) is 5.69 Å². The van der Waals surface area contributed by atoms with Gasteiger partial charge in [0, 0.05) is 24.2 Å². The molecule has 1 amide bonds. The average Bonchev–Trinajstić information content (AvgIpc) is 2.91. The number of rotatable bonds is 9. The van der Waals surface area contributed by atoms with E-state index < -0.39 is 11.0 Å². The first-order chi connectivity index (χ1) is 17.9. The Balaban J connectivity index is 1.92. The molecule has 1 unspecified atom stereocenters. The first-order valence-electron chi connectivity index (χ1n) is 12.2. The molecule has 4 aromatic rings. The zero-order valence-corrected chi connectivity index (χ0v) is 21.0. The number of non-ortho nitro benzene ring substituents is 1.